The fraction of sp³-hybridized carbons (Fsp3) is 0.917. The molecule has 2 N–H and O–H groups in total. The standard InChI is InChI=1S/C12H24N2O4S/c1-5-12(4,11(15)16)13-19(17,18)14-7-9(2)6-10(3)8-14/h9-10,13H,5-8H2,1-4H3,(H,15,16). The Bertz CT molecular complexity index is 427. The molecule has 1 aliphatic rings. The van der Waals surface area contributed by atoms with Crippen LogP contribution in [-0.2, 0) is 15.0 Å². The van der Waals surface area contributed by atoms with Crippen molar-refractivity contribution in [3.8, 4) is 0 Å². The van der Waals surface area contributed by atoms with Crippen molar-refractivity contribution >= 4 is 16.2 Å². The average Bonchev–Trinajstić information content (AvgIpc) is 2.26. The van der Waals surface area contributed by atoms with Crippen LogP contribution in [0.1, 0.15) is 40.5 Å². The topological polar surface area (TPSA) is 86.7 Å². The smallest absolute Gasteiger partial charge is 0.324 e. The Morgan fingerprint density at radius 2 is 1.84 bits per heavy atom. The van der Waals surface area contributed by atoms with E-state index in [1.54, 1.807) is 6.92 Å². The fourth-order valence-corrected chi connectivity index (χ4v) is 4.25. The van der Waals surface area contributed by atoms with Crippen LogP contribution in [0.3, 0.4) is 0 Å². The maximum Gasteiger partial charge on any atom is 0.324 e. The summed E-state index contributed by atoms with van der Waals surface area (Å²) in [4.78, 5) is 11.2. The predicted molar refractivity (Wildman–Crippen MR) is 72.9 cm³/mol. The second kappa shape index (κ2) is 5.76. The quantitative estimate of drug-likeness (QED) is 0.793. The molecule has 0 aliphatic carbocycles. The first kappa shape index (κ1) is 16.4. The molecule has 1 rings (SSSR count). The Labute approximate surface area is 115 Å². The van der Waals surface area contributed by atoms with Gasteiger partial charge in [0.2, 0.25) is 0 Å². The zero-order chi connectivity index (χ0) is 14.8. The van der Waals surface area contributed by atoms with Crippen LogP contribution in [0.4, 0.5) is 0 Å². The van der Waals surface area contributed by atoms with E-state index < -0.39 is 21.7 Å². The minimum atomic E-state index is -3.76. The molecule has 3 atom stereocenters. The van der Waals surface area contributed by atoms with Gasteiger partial charge in [-0.25, -0.2) is 0 Å². The van der Waals surface area contributed by atoms with E-state index >= 15 is 0 Å². The number of rotatable bonds is 5. The number of piperidine rings is 1. The Hall–Kier alpha value is -0.660. The summed E-state index contributed by atoms with van der Waals surface area (Å²) in [6, 6.07) is 0. The number of nitrogens with zero attached hydrogens (tertiary/aromatic N) is 1. The van der Waals surface area contributed by atoms with Gasteiger partial charge in [0.25, 0.3) is 10.2 Å². The third-order valence-electron chi connectivity index (χ3n) is 3.71. The first-order chi connectivity index (χ1) is 8.60. The van der Waals surface area contributed by atoms with Crippen LogP contribution in [0.25, 0.3) is 0 Å². The summed E-state index contributed by atoms with van der Waals surface area (Å²) in [6.45, 7) is 7.95. The van der Waals surface area contributed by atoms with Crippen LogP contribution in [-0.4, -0.2) is 42.4 Å². The Morgan fingerprint density at radius 1 is 1.37 bits per heavy atom. The molecule has 0 bridgehead atoms. The van der Waals surface area contributed by atoms with Gasteiger partial charge in [0.05, 0.1) is 0 Å². The normalized spacial score (nSPS) is 28.8. The summed E-state index contributed by atoms with van der Waals surface area (Å²) in [5.41, 5.74) is -1.46. The van der Waals surface area contributed by atoms with Crippen LogP contribution in [0.2, 0.25) is 0 Å². The summed E-state index contributed by atoms with van der Waals surface area (Å²) in [7, 11) is -3.76. The number of carboxylic acid groups (broad SMARTS) is 1. The van der Waals surface area contributed by atoms with Gasteiger partial charge in [-0.2, -0.15) is 17.4 Å². The maximum atomic E-state index is 12.3. The van der Waals surface area contributed by atoms with Crippen molar-refractivity contribution in [2.75, 3.05) is 13.1 Å². The van der Waals surface area contributed by atoms with Gasteiger partial charge in [-0.3, -0.25) is 4.79 Å². The number of carbonyl (C=O) groups is 1. The van der Waals surface area contributed by atoms with E-state index in [1.165, 1.54) is 11.2 Å². The highest BCUT2D eigenvalue weighted by Gasteiger charge is 2.39. The Kier molecular flexibility index (Phi) is 4.97. The molecule has 0 radical (unpaired) electrons. The molecule has 19 heavy (non-hydrogen) atoms. The van der Waals surface area contributed by atoms with Gasteiger partial charge in [-0.1, -0.05) is 20.8 Å². The third-order valence-corrected chi connectivity index (χ3v) is 5.40. The van der Waals surface area contributed by atoms with Crippen molar-refractivity contribution in [1.29, 1.82) is 0 Å². The zero-order valence-corrected chi connectivity index (χ0v) is 12.8. The van der Waals surface area contributed by atoms with Crippen LogP contribution < -0.4 is 4.72 Å². The molecule has 0 aromatic carbocycles. The van der Waals surface area contributed by atoms with E-state index in [-0.39, 0.29) is 18.3 Å². The minimum Gasteiger partial charge on any atom is -0.480 e. The van der Waals surface area contributed by atoms with Crippen LogP contribution >= 0.6 is 0 Å². The van der Waals surface area contributed by atoms with Gasteiger partial charge >= 0.3 is 5.97 Å². The maximum absolute atomic E-state index is 12.3. The van der Waals surface area contributed by atoms with E-state index in [0.29, 0.717) is 13.1 Å². The van der Waals surface area contributed by atoms with Gasteiger partial charge in [0.1, 0.15) is 5.54 Å². The van der Waals surface area contributed by atoms with Crippen molar-refractivity contribution in [2.45, 2.75) is 46.1 Å². The second-order valence-electron chi connectivity index (χ2n) is 5.86. The molecule has 3 unspecified atom stereocenters. The van der Waals surface area contributed by atoms with E-state index in [1.807, 2.05) is 13.8 Å². The first-order valence-electron chi connectivity index (χ1n) is 6.63. The highest BCUT2D eigenvalue weighted by molar-refractivity contribution is 7.87. The number of hydrogen-bond acceptors (Lipinski definition) is 3. The van der Waals surface area contributed by atoms with Gasteiger partial charge in [0.15, 0.2) is 0 Å². The first-order valence-corrected chi connectivity index (χ1v) is 8.07. The highest BCUT2D eigenvalue weighted by atomic mass is 32.2. The molecular weight excluding hydrogens is 268 g/mol. The monoisotopic (exact) mass is 292 g/mol. The molecule has 6 nitrogen and oxygen atoms in total. The highest BCUT2D eigenvalue weighted by Crippen LogP contribution is 2.24. The van der Waals surface area contributed by atoms with E-state index in [2.05, 4.69) is 4.72 Å². The fourth-order valence-electron chi connectivity index (χ4n) is 2.42. The number of nitrogens with one attached hydrogen (secondary N) is 1. The zero-order valence-electron chi connectivity index (χ0n) is 12.0. The SMILES string of the molecule is CCC(C)(NS(=O)(=O)N1CC(C)CC(C)C1)C(=O)O. The number of hydrogen-bond donors (Lipinski definition) is 2. The summed E-state index contributed by atoms with van der Waals surface area (Å²) >= 11 is 0. The van der Waals surface area contributed by atoms with Crippen molar-refractivity contribution in [3.63, 3.8) is 0 Å². The van der Waals surface area contributed by atoms with Gasteiger partial charge in [-0.15, -0.1) is 0 Å². The van der Waals surface area contributed by atoms with Gasteiger partial charge in [-0.05, 0) is 31.6 Å². The Morgan fingerprint density at radius 3 is 2.21 bits per heavy atom. The van der Waals surface area contributed by atoms with Gasteiger partial charge in [0, 0.05) is 13.1 Å². The molecule has 0 amide bonds. The molecule has 1 heterocycles. The average molecular weight is 292 g/mol. The molecule has 0 spiro atoms. The summed E-state index contributed by atoms with van der Waals surface area (Å²) < 4.78 is 28.3. The van der Waals surface area contributed by atoms with Crippen molar-refractivity contribution < 1.29 is 18.3 Å². The van der Waals surface area contributed by atoms with Crippen LogP contribution in [0.15, 0.2) is 0 Å². The summed E-state index contributed by atoms with van der Waals surface area (Å²) in [5, 5.41) is 9.15. The molecule has 1 fully saturated rings. The molecule has 0 aromatic rings. The van der Waals surface area contributed by atoms with Crippen molar-refractivity contribution in [3.05, 3.63) is 0 Å². The van der Waals surface area contributed by atoms with Crippen molar-refractivity contribution in [2.24, 2.45) is 11.8 Å². The predicted octanol–water partition coefficient (Wildman–Crippen LogP) is 1.05. The molecule has 112 valence electrons. The Balaban J connectivity index is 2.89. The summed E-state index contributed by atoms with van der Waals surface area (Å²) in [6.07, 6.45) is 1.19. The van der Waals surface area contributed by atoms with Crippen LogP contribution in [0.5, 0.6) is 0 Å². The third kappa shape index (κ3) is 3.90. The van der Waals surface area contributed by atoms with E-state index in [0.717, 1.165) is 6.42 Å². The minimum absolute atomic E-state index is 0.195. The molecule has 7 heteroatoms. The molecule has 1 saturated heterocycles. The largest absolute Gasteiger partial charge is 0.480 e. The number of carboxylic acids is 1. The lowest BCUT2D eigenvalue weighted by molar-refractivity contribution is -0.143. The molecule has 0 aromatic heterocycles. The summed E-state index contributed by atoms with van der Waals surface area (Å²) in [5.74, 6) is -0.576. The lowest BCUT2D eigenvalue weighted by atomic mass is 9.94. The van der Waals surface area contributed by atoms with Crippen LogP contribution in [0, 0.1) is 11.8 Å². The van der Waals surface area contributed by atoms with Gasteiger partial charge < -0.3 is 5.11 Å². The van der Waals surface area contributed by atoms with E-state index in [9.17, 15) is 13.2 Å². The second-order valence-corrected chi connectivity index (χ2v) is 7.53. The lowest BCUT2D eigenvalue weighted by Crippen LogP contribution is -2.57. The van der Waals surface area contributed by atoms with E-state index in [4.69, 9.17) is 5.11 Å². The van der Waals surface area contributed by atoms with Crippen molar-refractivity contribution in [1.82, 2.24) is 9.03 Å². The molecular formula is C12H24N2O4S. The molecule has 0 saturated carbocycles. The molecule has 1 aliphatic heterocycles. The number of aliphatic carboxylic acids is 1. The lowest BCUT2D eigenvalue weighted by Gasteiger charge is -2.36.